The molecule has 0 fully saturated rings. The number of nitrogens with zero attached hydrogens (tertiary/aromatic N) is 1. The maximum Gasteiger partial charge on any atom is 0.243 e. The largest absolute Gasteiger partial charge is 0.354 e. The summed E-state index contributed by atoms with van der Waals surface area (Å²) in [4.78, 5) is 28.5. The molecule has 3 aromatic carbocycles. The molecule has 0 aromatic heterocycles. The van der Waals surface area contributed by atoms with E-state index in [1.165, 1.54) is 12.1 Å². The van der Waals surface area contributed by atoms with Crippen LogP contribution in [0, 0.1) is 5.82 Å². The number of hydrogen-bond acceptors (Lipinski definition) is 2. The molecule has 0 bridgehead atoms. The molecule has 6 heteroatoms. The standard InChI is InChI=1S/C28H30ClFN2O2/c1-2-3-16-31-28(34)26(18-21-8-5-4-6-9-21)32(20-23-10-7-11-24(29)17-23)27(33)19-22-12-14-25(30)15-13-22/h4-15,17,26H,2-3,16,18-20H2,1H3,(H,31,34)/t26-/m1/s1. The lowest BCUT2D eigenvalue weighted by Crippen LogP contribution is -2.51. The van der Waals surface area contributed by atoms with Gasteiger partial charge in [-0.15, -0.1) is 0 Å². The topological polar surface area (TPSA) is 49.4 Å². The fraction of sp³-hybridized carbons (Fsp3) is 0.286. The molecule has 3 aromatic rings. The molecule has 3 rings (SSSR count). The monoisotopic (exact) mass is 480 g/mol. The summed E-state index contributed by atoms with van der Waals surface area (Å²) in [5.74, 6) is -0.755. The smallest absolute Gasteiger partial charge is 0.243 e. The molecule has 1 N–H and O–H groups in total. The van der Waals surface area contributed by atoms with Crippen molar-refractivity contribution in [3.63, 3.8) is 0 Å². The summed E-state index contributed by atoms with van der Waals surface area (Å²) < 4.78 is 13.4. The Kier molecular flexibility index (Phi) is 9.65. The predicted octanol–water partition coefficient (Wildman–Crippen LogP) is 5.58. The van der Waals surface area contributed by atoms with E-state index in [1.807, 2.05) is 42.5 Å². The molecule has 0 spiro atoms. The molecule has 2 amide bonds. The minimum absolute atomic E-state index is 0.0639. The zero-order valence-electron chi connectivity index (χ0n) is 19.3. The van der Waals surface area contributed by atoms with Crippen LogP contribution in [0.25, 0.3) is 0 Å². The van der Waals surface area contributed by atoms with Gasteiger partial charge < -0.3 is 10.2 Å². The highest BCUT2D eigenvalue weighted by molar-refractivity contribution is 6.30. The molecule has 4 nitrogen and oxygen atoms in total. The Morgan fingerprint density at radius 3 is 2.32 bits per heavy atom. The fourth-order valence-electron chi connectivity index (χ4n) is 3.77. The van der Waals surface area contributed by atoms with Crippen molar-refractivity contribution in [2.75, 3.05) is 6.54 Å². The number of unbranched alkanes of at least 4 members (excludes halogenated alkanes) is 1. The van der Waals surface area contributed by atoms with Crippen LogP contribution >= 0.6 is 11.6 Å². The van der Waals surface area contributed by atoms with Gasteiger partial charge in [-0.25, -0.2) is 4.39 Å². The van der Waals surface area contributed by atoms with Crippen molar-refractivity contribution < 1.29 is 14.0 Å². The van der Waals surface area contributed by atoms with E-state index >= 15 is 0 Å². The maximum absolute atomic E-state index is 13.6. The van der Waals surface area contributed by atoms with Gasteiger partial charge in [-0.05, 0) is 47.4 Å². The number of carbonyl (C=O) groups excluding carboxylic acids is 2. The number of amides is 2. The van der Waals surface area contributed by atoms with Crippen molar-refractivity contribution in [3.05, 3.63) is 106 Å². The quantitative estimate of drug-likeness (QED) is 0.364. The molecular formula is C28H30ClFN2O2. The number of hydrogen-bond donors (Lipinski definition) is 1. The molecule has 0 saturated heterocycles. The molecular weight excluding hydrogens is 451 g/mol. The van der Waals surface area contributed by atoms with E-state index < -0.39 is 6.04 Å². The summed E-state index contributed by atoms with van der Waals surface area (Å²) in [5, 5.41) is 3.56. The molecule has 0 unspecified atom stereocenters. The molecule has 0 aliphatic rings. The molecule has 0 heterocycles. The van der Waals surface area contributed by atoms with Gasteiger partial charge in [0, 0.05) is 24.5 Å². The minimum Gasteiger partial charge on any atom is -0.354 e. The fourth-order valence-corrected chi connectivity index (χ4v) is 3.98. The molecule has 0 saturated carbocycles. The van der Waals surface area contributed by atoms with Gasteiger partial charge in [0.2, 0.25) is 11.8 Å². The van der Waals surface area contributed by atoms with E-state index in [2.05, 4.69) is 12.2 Å². The first-order valence-corrected chi connectivity index (χ1v) is 11.9. The Hall–Kier alpha value is -3.18. The van der Waals surface area contributed by atoms with E-state index in [0.29, 0.717) is 23.6 Å². The lowest BCUT2D eigenvalue weighted by Gasteiger charge is -2.32. The molecule has 0 aliphatic carbocycles. The predicted molar refractivity (Wildman–Crippen MR) is 134 cm³/mol. The molecule has 1 atom stereocenters. The van der Waals surface area contributed by atoms with Crippen LogP contribution in [-0.2, 0) is 29.0 Å². The molecule has 0 radical (unpaired) electrons. The van der Waals surface area contributed by atoms with Gasteiger partial charge in [-0.3, -0.25) is 9.59 Å². The summed E-state index contributed by atoms with van der Waals surface area (Å²) in [5.41, 5.74) is 2.48. The lowest BCUT2D eigenvalue weighted by molar-refractivity contribution is -0.140. The maximum atomic E-state index is 13.6. The van der Waals surface area contributed by atoms with Crippen molar-refractivity contribution in [2.24, 2.45) is 0 Å². The van der Waals surface area contributed by atoms with E-state index in [-0.39, 0.29) is 30.6 Å². The van der Waals surface area contributed by atoms with Crippen LogP contribution in [0.4, 0.5) is 4.39 Å². The Morgan fingerprint density at radius 2 is 1.65 bits per heavy atom. The van der Waals surface area contributed by atoms with E-state index in [0.717, 1.165) is 24.0 Å². The summed E-state index contributed by atoms with van der Waals surface area (Å²) in [6.45, 7) is 2.85. The van der Waals surface area contributed by atoms with Gasteiger partial charge >= 0.3 is 0 Å². The van der Waals surface area contributed by atoms with Crippen LogP contribution in [0.1, 0.15) is 36.5 Å². The highest BCUT2D eigenvalue weighted by atomic mass is 35.5. The lowest BCUT2D eigenvalue weighted by atomic mass is 10.0. The van der Waals surface area contributed by atoms with Crippen molar-refractivity contribution in [1.82, 2.24) is 10.2 Å². The van der Waals surface area contributed by atoms with E-state index in [9.17, 15) is 14.0 Å². The second-order valence-corrected chi connectivity index (χ2v) is 8.74. The molecule has 0 aliphatic heterocycles. The first-order chi connectivity index (χ1) is 16.5. The minimum atomic E-state index is -0.703. The van der Waals surface area contributed by atoms with Crippen LogP contribution in [0.15, 0.2) is 78.9 Å². The van der Waals surface area contributed by atoms with Crippen LogP contribution in [0.2, 0.25) is 5.02 Å². The zero-order valence-corrected chi connectivity index (χ0v) is 20.1. The van der Waals surface area contributed by atoms with Gasteiger partial charge in [0.15, 0.2) is 0 Å². The van der Waals surface area contributed by atoms with Crippen molar-refractivity contribution in [2.45, 2.75) is 45.2 Å². The van der Waals surface area contributed by atoms with Crippen LogP contribution < -0.4 is 5.32 Å². The average molecular weight is 481 g/mol. The Balaban J connectivity index is 1.93. The van der Waals surface area contributed by atoms with Crippen LogP contribution in [0.3, 0.4) is 0 Å². The normalized spacial score (nSPS) is 11.6. The zero-order chi connectivity index (χ0) is 24.3. The summed E-state index contributed by atoms with van der Waals surface area (Å²) >= 11 is 6.19. The summed E-state index contributed by atoms with van der Waals surface area (Å²) in [6, 6.07) is 22.1. The van der Waals surface area contributed by atoms with Crippen molar-refractivity contribution in [3.8, 4) is 0 Å². The Morgan fingerprint density at radius 1 is 0.941 bits per heavy atom. The number of nitrogens with one attached hydrogen (secondary N) is 1. The first kappa shape index (κ1) is 25.4. The highest BCUT2D eigenvalue weighted by Crippen LogP contribution is 2.19. The average Bonchev–Trinajstić information content (AvgIpc) is 2.83. The third-order valence-electron chi connectivity index (χ3n) is 5.61. The molecule has 178 valence electrons. The summed E-state index contributed by atoms with van der Waals surface area (Å²) in [7, 11) is 0. The van der Waals surface area contributed by atoms with Gasteiger partial charge in [0.05, 0.1) is 6.42 Å². The van der Waals surface area contributed by atoms with Crippen LogP contribution in [0.5, 0.6) is 0 Å². The highest BCUT2D eigenvalue weighted by Gasteiger charge is 2.30. The third kappa shape index (κ3) is 7.70. The second kappa shape index (κ2) is 12.9. The summed E-state index contributed by atoms with van der Waals surface area (Å²) in [6.07, 6.45) is 2.27. The Labute approximate surface area is 205 Å². The van der Waals surface area contributed by atoms with Gasteiger partial charge in [-0.1, -0.05) is 79.5 Å². The SMILES string of the molecule is CCCCNC(=O)[C@@H](Cc1ccccc1)N(Cc1cccc(Cl)c1)C(=O)Cc1ccc(F)cc1. The number of benzene rings is 3. The second-order valence-electron chi connectivity index (χ2n) is 8.30. The third-order valence-corrected chi connectivity index (χ3v) is 5.85. The van der Waals surface area contributed by atoms with Gasteiger partial charge in [-0.2, -0.15) is 0 Å². The van der Waals surface area contributed by atoms with Crippen LogP contribution in [-0.4, -0.2) is 29.3 Å². The number of carbonyl (C=O) groups is 2. The van der Waals surface area contributed by atoms with E-state index in [4.69, 9.17) is 11.6 Å². The number of halogens is 2. The van der Waals surface area contributed by atoms with Crippen molar-refractivity contribution >= 4 is 23.4 Å². The Bertz CT molecular complexity index is 1070. The first-order valence-electron chi connectivity index (χ1n) is 11.6. The van der Waals surface area contributed by atoms with E-state index in [1.54, 1.807) is 29.2 Å². The van der Waals surface area contributed by atoms with Gasteiger partial charge in [0.25, 0.3) is 0 Å². The van der Waals surface area contributed by atoms with Crippen molar-refractivity contribution in [1.29, 1.82) is 0 Å². The van der Waals surface area contributed by atoms with Gasteiger partial charge in [0.1, 0.15) is 11.9 Å². The number of rotatable bonds is 11. The molecule has 34 heavy (non-hydrogen) atoms.